The zero-order valence-corrected chi connectivity index (χ0v) is 27.9. The predicted molar refractivity (Wildman–Crippen MR) is 172 cm³/mol. The normalized spacial score (nSPS) is 10.1. The summed E-state index contributed by atoms with van der Waals surface area (Å²) < 4.78 is 17.8. The summed E-state index contributed by atoms with van der Waals surface area (Å²) in [6.45, 7) is 6.52. The minimum atomic E-state index is -0.292. The molecule has 218 valence electrons. The molecule has 2 aromatic carbocycles. The summed E-state index contributed by atoms with van der Waals surface area (Å²) in [6, 6.07) is 10.9. The summed E-state index contributed by atoms with van der Waals surface area (Å²) in [5.41, 5.74) is 1.04. The third-order valence-corrected chi connectivity index (χ3v) is 8.70. The van der Waals surface area contributed by atoms with Gasteiger partial charge >= 0.3 is 17.9 Å². The first-order valence-corrected chi connectivity index (χ1v) is 15.9. The molecule has 0 saturated heterocycles. The molecule has 0 saturated carbocycles. The first kappa shape index (κ1) is 34.6. The van der Waals surface area contributed by atoms with Crippen molar-refractivity contribution in [3.05, 3.63) is 66.2 Å². The summed E-state index contributed by atoms with van der Waals surface area (Å²) in [4.78, 5) is 55.8. The lowest BCUT2D eigenvalue weighted by molar-refractivity contribution is -0.139. The van der Waals surface area contributed by atoms with Gasteiger partial charge in [0.05, 0.1) is 25.6 Å². The highest BCUT2D eigenvalue weighted by Gasteiger charge is 2.15. The van der Waals surface area contributed by atoms with Crippen LogP contribution >= 0.6 is 67.2 Å². The number of rotatable bonds is 8. The van der Waals surface area contributed by atoms with Crippen molar-refractivity contribution in [3.63, 3.8) is 0 Å². The van der Waals surface area contributed by atoms with Gasteiger partial charge in [-0.05, 0) is 67.9 Å². The Bertz CT molecular complexity index is 1390. The van der Waals surface area contributed by atoms with Crippen molar-refractivity contribution in [2.75, 3.05) is 25.6 Å². The topological polar surface area (TPSA) is 113 Å². The van der Waals surface area contributed by atoms with Crippen LogP contribution in [0.1, 0.15) is 60.8 Å². The Kier molecular flexibility index (Phi) is 14.7. The van der Waals surface area contributed by atoms with Gasteiger partial charge in [0, 0.05) is 29.5 Å². The maximum Gasteiger partial charge on any atom is 0.348 e. The summed E-state index contributed by atoms with van der Waals surface area (Å²) >= 11 is 12.8. The molecule has 0 aliphatic carbocycles. The Morgan fingerprint density at radius 1 is 0.707 bits per heavy atom. The zero-order valence-electron chi connectivity index (χ0n) is 22.2. The summed E-state index contributed by atoms with van der Waals surface area (Å²) in [7, 11) is 0. The van der Waals surface area contributed by atoms with Gasteiger partial charge < -0.3 is 14.2 Å². The summed E-state index contributed by atoms with van der Waals surface area (Å²) in [5.74, 6) is -0.669. The molecule has 4 aromatic rings. The van der Waals surface area contributed by atoms with Crippen LogP contribution in [0.25, 0.3) is 20.2 Å². The Morgan fingerprint density at radius 2 is 1.10 bits per heavy atom. The maximum atomic E-state index is 11.8. The quantitative estimate of drug-likeness (QED) is 0.0843. The van der Waals surface area contributed by atoms with Gasteiger partial charge in [0.15, 0.2) is 12.6 Å². The molecule has 8 nitrogen and oxygen atoms in total. The van der Waals surface area contributed by atoms with E-state index in [0.717, 1.165) is 32.7 Å². The Labute approximate surface area is 267 Å². The molecule has 2 heterocycles. The highest BCUT2D eigenvalue weighted by Crippen LogP contribution is 2.34. The number of fused-ring (bicyclic) bond motifs is 2. The zero-order chi connectivity index (χ0) is 30.5. The van der Waals surface area contributed by atoms with E-state index >= 15 is 0 Å². The molecule has 2 aromatic heterocycles. The van der Waals surface area contributed by atoms with Crippen LogP contribution in [-0.2, 0) is 19.0 Å². The number of hydrogen-bond acceptors (Lipinski definition) is 11. The Balaban J connectivity index is 0.000000259. The molecule has 0 bridgehead atoms. The average Bonchev–Trinajstić information content (AvgIpc) is 3.57. The highest BCUT2D eigenvalue weighted by molar-refractivity contribution is 9.11. The predicted octanol–water partition coefficient (Wildman–Crippen LogP) is 7.79. The average molecular weight is 747 g/mol. The standard InChI is InChI=1S/C16H14O4S2.C8H4Br2O2.C4H8O2S/c1-3-19-15(17)13-7-9-5-12-10(6-11(9)21-13)8-14(22-12)16(18)20-4-2;9-7-1-5(3-11)8(10)2-6(7)4-12;1-2-6-4(5)3-7/h5-8H,3-4H2,1-2H3;1-4H;7H,2-3H2,1H3. The van der Waals surface area contributed by atoms with Gasteiger partial charge in [-0.25, -0.2) is 9.59 Å². The van der Waals surface area contributed by atoms with Crippen LogP contribution in [0.3, 0.4) is 0 Å². The van der Waals surface area contributed by atoms with Crippen LogP contribution in [0.2, 0.25) is 0 Å². The van der Waals surface area contributed by atoms with E-state index in [4.69, 9.17) is 9.47 Å². The molecule has 13 heteroatoms. The third-order valence-electron chi connectivity index (χ3n) is 4.91. The van der Waals surface area contributed by atoms with E-state index < -0.39 is 0 Å². The minimum absolute atomic E-state index is 0.174. The SMILES string of the molecule is CCOC(=O)CS.CCOC(=O)c1cc2cc3sc(C(=O)OCC)cc3cc2s1.O=Cc1cc(Br)c(C=O)cc1Br. The van der Waals surface area contributed by atoms with Gasteiger partial charge in [0.1, 0.15) is 9.75 Å². The number of thiophene rings is 2. The number of thiol groups is 1. The van der Waals surface area contributed by atoms with Crippen molar-refractivity contribution in [1.29, 1.82) is 0 Å². The van der Waals surface area contributed by atoms with Crippen LogP contribution in [0.4, 0.5) is 0 Å². The number of aldehydes is 2. The van der Waals surface area contributed by atoms with E-state index in [9.17, 15) is 24.0 Å². The largest absolute Gasteiger partial charge is 0.465 e. The lowest BCUT2D eigenvalue weighted by atomic mass is 10.2. The first-order chi connectivity index (χ1) is 19.6. The van der Waals surface area contributed by atoms with Crippen molar-refractivity contribution in [2.45, 2.75) is 20.8 Å². The molecule has 0 amide bonds. The number of carbonyl (C=O) groups is 5. The number of benzene rings is 2. The number of carbonyl (C=O) groups excluding carboxylic acids is 5. The number of ether oxygens (including phenoxy) is 3. The molecule has 0 radical (unpaired) electrons. The molecule has 4 rings (SSSR count). The lowest BCUT2D eigenvalue weighted by Crippen LogP contribution is -2.03. The molecule has 0 aliphatic rings. The van der Waals surface area contributed by atoms with Crippen LogP contribution in [-0.4, -0.2) is 56.1 Å². The fraction of sp³-hybridized carbons (Fsp3) is 0.250. The van der Waals surface area contributed by atoms with Crippen molar-refractivity contribution >= 4 is 118 Å². The monoisotopic (exact) mass is 744 g/mol. The molecule has 0 atom stereocenters. The molecule has 0 fully saturated rings. The van der Waals surface area contributed by atoms with Crippen molar-refractivity contribution in [1.82, 2.24) is 0 Å². The smallest absolute Gasteiger partial charge is 0.348 e. The molecular formula is C28H26Br2O8S3. The molecular weight excluding hydrogens is 720 g/mol. The van der Waals surface area contributed by atoms with E-state index in [1.165, 1.54) is 22.7 Å². The van der Waals surface area contributed by atoms with Crippen LogP contribution in [0.15, 0.2) is 45.3 Å². The second kappa shape index (κ2) is 17.4. The summed E-state index contributed by atoms with van der Waals surface area (Å²) in [6.07, 6.45) is 1.45. The second-order valence-corrected chi connectivity index (χ2v) is 11.9. The molecule has 0 N–H and O–H groups in total. The van der Waals surface area contributed by atoms with Gasteiger partial charge in [0.2, 0.25) is 0 Å². The van der Waals surface area contributed by atoms with Gasteiger partial charge in [-0.2, -0.15) is 12.6 Å². The summed E-state index contributed by atoms with van der Waals surface area (Å²) in [5, 5.41) is 1.97. The minimum Gasteiger partial charge on any atom is -0.465 e. The Hall–Kier alpha value is -2.58. The molecule has 0 aliphatic heterocycles. The van der Waals surface area contributed by atoms with Gasteiger partial charge in [0.25, 0.3) is 0 Å². The van der Waals surface area contributed by atoms with Crippen LogP contribution in [0, 0.1) is 0 Å². The maximum absolute atomic E-state index is 11.8. The van der Waals surface area contributed by atoms with E-state index in [2.05, 4.69) is 49.2 Å². The third kappa shape index (κ3) is 10.0. The lowest BCUT2D eigenvalue weighted by Gasteiger charge is -1.99. The fourth-order valence-electron chi connectivity index (χ4n) is 3.14. The van der Waals surface area contributed by atoms with Crippen molar-refractivity contribution in [2.24, 2.45) is 0 Å². The van der Waals surface area contributed by atoms with E-state index in [0.29, 0.717) is 49.6 Å². The highest BCUT2D eigenvalue weighted by atomic mass is 79.9. The van der Waals surface area contributed by atoms with Crippen LogP contribution < -0.4 is 0 Å². The van der Waals surface area contributed by atoms with Crippen molar-refractivity contribution < 1.29 is 38.2 Å². The van der Waals surface area contributed by atoms with Crippen molar-refractivity contribution in [3.8, 4) is 0 Å². The first-order valence-electron chi connectivity index (χ1n) is 12.1. The van der Waals surface area contributed by atoms with E-state index in [-0.39, 0.29) is 23.7 Å². The molecule has 0 unspecified atom stereocenters. The molecule has 41 heavy (non-hydrogen) atoms. The van der Waals surface area contributed by atoms with Gasteiger partial charge in [-0.1, -0.05) is 31.9 Å². The Morgan fingerprint density at radius 3 is 1.39 bits per heavy atom. The van der Waals surface area contributed by atoms with E-state index in [1.54, 1.807) is 32.9 Å². The van der Waals surface area contributed by atoms with Gasteiger partial charge in [-0.3, -0.25) is 14.4 Å². The van der Waals surface area contributed by atoms with Gasteiger partial charge in [-0.15, -0.1) is 22.7 Å². The number of hydrogen-bond donors (Lipinski definition) is 1. The second-order valence-electron chi connectivity index (χ2n) is 7.68. The van der Waals surface area contributed by atoms with Crippen LogP contribution in [0.5, 0.6) is 0 Å². The van der Waals surface area contributed by atoms with E-state index in [1.807, 2.05) is 24.3 Å². The number of esters is 3. The fourth-order valence-corrected chi connectivity index (χ4v) is 6.12. The molecule has 0 spiro atoms. The number of halogens is 2.